The first kappa shape index (κ1) is 16.0. The minimum atomic E-state index is -1.10. The van der Waals surface area contributed by atoms with Gasteiger partial charge in [-0.05, 0) is 30.8 Å². The first-order chi connectivity index (χ1) is 9.08. The largest absolute Gasteiger partial charge is 0.478 e. The van der Waals surface area contributed by atoms with E-state index in [1.54, 1.807) is 17.8 Å². The summed E-state index contributed by atoms with van der Waals surface area (Å²) in [5, 5.41) is 8.75. The van der Waals surface area contributed by atoms with Gasteiger partial charge in [-0.3, -0.25) is 0 Å². The topological polar surface area (TPSA) is 40.5 Å². The average molecular weight is 285 g/mol. The SMILES string of the molecule is CCN(CC)CCSCc1ccc(C(=O)O)cc1F. The molecule has 19 heavy (non-hydrogen) atoms. The van der Waals surface area contributed by atoms with Gasteiger partial charge in [0.2, 0.25) is 0 Å². The van der Waals surface area contributed by atoms with Crippen molar-refractivity contribution in [2.75, 3.05) is 25.4 Å². The molecule has 106 valence electrons. The lowest BCUT2D eigenvalue weighted by Crippen LogP contribution is -2.25. The van der Waals surface area contributed by atoms with E-state index in [0.29, 0.717) is 11.3 Å². The number of nitrogens with zero attached hydrogens (tertiary/aromatic N) is 1. The smallest absolute Gasteiger partial charge is 0.335 e. The third-order valence-corrected chi connectivity index (χ3v) is 3.99. The molecule has 3 nitrogen and oxygen atoms in total. The molecule has 0 fully saturated rings. The Kier molecular flexibility index (Phi) is 6.87. The molecule has 0 heterocycles. The first-order valence-electron chi connectivity index (χ1n) is 6.40. The van der Waals surface area contributed by atoms with Crippen LogP contribution in [0.4, 0.5) is 4.39 Å². The summed E-state index contributed by atoms with van der Waals surface area (Å²) in [5.41, 5.74) is 0.559. The number of thioether (sulfide) groups is 1. The molecule has 0 atom stereocenters. The molecule has 0 saturated heterocycles. The summed E-state index contributed by atoms with van der Waals surface area (Å²) in [6.07, 6.45) is 0. The molecule has 0 radical (unpaired) electrons. The van der Waals surface area contributed by atoms with Crippen molar-refractivity contribution in [2.24, 2.45) is 0 Å². The Morgan fingerprint density at radius 1 is 1.37 bits per heavy atom. The Labute approximate surface area is 117 Å². The number of hydrogen-bond acceptors (Lipinski definition) is 3. The lowest BCUT2D eigenvalue weighted by molar-refractivity contribution is 0.0696. The zero-order valence-electron chi connectivity index (χ0n) is 11.4. The number of carboxylic acid groups (broad SMARTS) is 1. The van der Waals surface area contributed by atoms with E-state index < -0.39 is 11.8 Å². The number of hydrogen-bond donors (Lipinski definition) is 1. The van der Waals surface area contributed by atoms with Crippen LogP contribution in [0, 0.1) is 5.82 Å². The van der Waals surface area contributed by atoms with Gasteiger partial charge in [0, 0.05) is 18.1 Å². The van der Waals surface area contributed by atoms with E-state index in [0.717, 1.165) is 31.5 Å². The van der Waals surface area contributed by atoms with Crippen LogP contribution in [0.25, 0.3) is 0 Å². The second kappa shape index (κ2) is 8.17. The van der Waals surface area contributed by atoms with Gasteiger partial charge in [0.25, 0.3) is 0 Å². The Bertz CT molecular complexity index is 422. The predicted molar refractivity (Wildman–Crippen MR) is 77.3 cm³/mol. The Hall–Kier alpha value is -1.07. The van der Waals surface area contributed by atoms with Crippen LogP contribution in [0.15, 0.2) is 18.2 Å². The highest BCUT2D eigenvalue weighted by Gasteiger charge is 2.08. The summed E-state index contributed by atoms with van der Waals surface area (Å²) in [5.74, 6) is -0.00990. The molecule has 1 aromatic carbocycles. The van der Waals surface area contributed by atoms with Crippen molar-refractivity contribution in [1.82, 2.24) is 4.90 Å². The van der Waals surface area contributed by atoms with Crippen molar-refractivity contribution in [3.8, 4) is 0 Å². The molecule has 0 aromatic heterocycles. The molecule has 0 unspecified atom stereocenters. The summed E-state index contributed by atoms with van der Waals surface area (Å²) in [6, 6.07) is 4.09. The standard InChI is InChI=1S/C14H20FNO2S/c1-3-16(4-2)7-8-19-10-12-6-5-11(14(17)18)9-13(12)15/h5-6,9H,3-4,7-8,10H2,1-2H3,(H,17,18). The molecule has 0 aliphatic carbocycles. The van der Waals surface area contributed by atoms with Crippen molar-refractivity contribution in [2.45, 2.75) is 19.6 Å². The van der Waals surface area contributed by atoms with E-state index in [9.17, 15) is 9.18 Å². The van der Waals surface area contributed by atoms with Crippen molar-refractivity contribution in [3.63, 3.8) is 0 Å². The predicted octanol–water partition coefficient (Wildman–Crippen LogP) is 3.10. The van der Waals surface area contributed by atoms with Crippen LogP contribution < -0.4 is 0 Å². The maximum Gasteiger partial charge on any atom is 0.335 e. The van der Waals surface area contributed by atoms with E-state index in [1.165, 1.54) is 6.07 Å². The van der Waals surface area contributed by atoms with E-state index in [-0.39, 0.29) is 5.56 Å². The second-order valence-electron chi connectivity index (χ2n) is 4.19. The Morgan fingerprint density at radius 3 is 2.58 bits per heavy atom. The molecule has 1 aromatic rings. The van der Waals surface area contributed by atoms with Gasteiger partial charge in [-0.2, -0.15) is 11.8 Å². The van der Waals surface area contributed by atoms with Gasteiger partial charge in [0.05, 0.1) is 5.56 Å². The molecular formula is C14H20FNO2S. The zero-order chi connectivity index (χ0) is 14.3. The molecule has 1 rings (SSSR count). The van der Waals surface area contributed by atoms with E-state index in [1.807, 2.05) is 0 Å². The number of benzene rings is 1. The number of aromatic carboxylic acids is 1. The van der Waals surface area contributed by atoms with Crippen LogP contribution in [-0.4, -0.2) is 41.4 Å². The molecular weight excluding hydrogens is 265 g/mol. The quantitative estimate of drug-likeness (QED) is 0.745. The van der Waals surface area contributed by atoms with Crippen molar-refractivity contribution < 1.29 is 14.3 Å². The summed E-state index contributed by atoms with van der Waals surface area (Å²) in [6.45, 7) is 7.29. The molecule has 0 saturated carbocycles. The van der Waals surface area contributed by atoms with Gasteiger partial charge in [-0.1, -0.05) is 19.9 Å². The lowest BCUT2D eigenvalue weighted by atomic mass is 10.1. The van der Waals surface area contributed by atoms with Crippen LogP contribution in [-0.2, 0) is 5.75 Å². The Morgan fingerprint density at radius 2 is 2.05 bits per heavy atom. The van der Waals surface area contributed by atoms with Gasteiger partial charge in [-0.15, -0.1) is 0 Å². The van der Waals surface area contributed by atoms with Crippen molar-refractivity contribution >= 4 is 17.7 Å². The fourth-order valence-electron chi connectivity index (χ4n) is 1.71. The highest BCUT2D eigenvalue weighted by atomic mass is 32.2. The number of carboxylic acids is 1. The van der Waals surface area contributed by atoms with Crippen LogP contribution in [0.3, 0.4) is 0 Å². The van der Waals surface area contributed by atoms with Gasteiger partial charge < -0.3 is 10.0 Å². The van der Waals surface area contributed by atoms with Crippen molar-refractivity contribution in [3.05, 3.63) is 35.1 Å². The van der Waals surface area contributed by atoms with Gasteiger partial charge in [0.15, 0.2) is 0 Å². The van der Waals surface area contributed by atoms with Gasteiger partial charge in [0.1, 0.15) is 5.82 Å². The maximum absolute atomic E-state index is 13.6. The highest BCUT2D eigenvalue weighted by Crippen LogP contribution is 2.17. The third-order valence-electron chi connectivity index (χ3n) is 3.00. The van der Waals surface area contributed by atoms with Crippen LogP contribution in [0.5, 0.6) is 0 Å². The van der Waals surface area contributed by atoms with Gasteiger partial charge in [-0.25, -0.2) is 9.18 Å². The van der Waals surface area contributed by atoms with Crippen LogP contribution >= 0.6 is 11.8 Å². The van der Waals surface area contributed by atoms with Crippen molar-refractivity contribution in [1.29, 1.82) is 0 Å². The number of carbonyl (C=O) groups is 1. The molecule has 0 bridgehead atoms. The van der Waals surface area contributed by atoms with Crippen LogP contribution in [0.2, 0.25) is 0 Å². The molecule has 0 aliphatic rings. The maximum atomic E-state index is 13.6. The summed E-state index contributed by atoms with van der Waals surface area (Å²) in [4.78, 5) is 13.0. The lowest BCUT2D eigenvalue weighted by Gasteiger charge is -2.17. The van der Waals surface area contributed by atoms with Crippen LogP contribution in [0.1, 0.15) is 29.8 Å². The zero-order valence-corrected chi connectivity index (χ0v) is 12.2. The fourth-order valence-corrected chi connectivity index (χ4v) is 2.70. The normalized spacial score (nSPS) is 10.9. The third kappa shape index (κ3) is 5.20. The molecule has 0 aliphatic heterocycles. The van der Waals surface area contributed by atoms with E-state index in [4.69, 9.17) is 5.11 Å². The summed E-state index contributed by atoms with van der Waals surface area (Å²) < 4.78 is 13.6. The number of rotatable bonds is 8. The minimum absolute atomic E-state index is 0.00519. The highest BCUT2D eigenvalue weighted by molar-refractivity contribution is 7.98. The summed E-state index contributed by atoms with van der Waals surface area (Å²) >= 11 is 1.66. The minimum Gasteiger partial charge on any atom is -0.478 e. The monoisotopic (exact) mass is 285 g/mol. The molecule has 1 N–H and O–H groups in total. The average Bonchev–Trinajstić information content (AvgIpc) is 2.40. The Balaban J connectivity index is 2.43. The number of halogens is 1. The fraction of sp³-hybridized carbons (Fsp3) is 0.500. The summed E-state index contributed by atoms with van der Waals surface area (Å²) in [7, 11) is 0. The van der Waals surface area contributed by atoms with E-state index >= 15 is 0 Å². The van der Waals surface area contributed by atoms with E-state index in [2.05, 4.69) is 18.7 Å². The molecule has 0 spiro atoms. The first-order valence-corrected chi connectivity index (χ1v) is 7.55. The van der Waals surface area contributed by atoms with Gasteiger partial charge >= 0.3 is 5.97 Å². The molecule has 0 amide bonds. The second-order valence-corrected chi connectivity index (χ2v) is 5.30. The molecule has 5 heteroatoms.